The van der Waals surface area contributed by atoms with E-state index in [0.29, 0.717) is 0 Å². The lowest BCUT2D eigenvalue weighted by Crippen LogP contribution is -1.99. The number of ether oxygens (including phenoxy) is 1. The molecule has 0 radical (unpaired) electrons. The first-order valence-electron chi connectivity index (χ1n) is 3.48. The highest BCUT2D eigenvalue weighted by Gasteiger charge is 2.19. The van der Waals surface area contributed by atoms with Crippen molar-refractivity contribution in [2.45, 2.75) is 4.90 Å². The van der Waals surface area contributed by atoms with Gasteiger partial charge in [-0.15, -0.1) is 0 Å². The van der Waals surface area contributed by atoms with Crippen molar-refractivity contribution in [1.29, 1.82) is 5.39 Å². The fraction of sp³-hybridized carbons (Fsp3) is 0.143. The summed E-state index contributed by atoms with van der Waals surface area (Å²) in [6.07, 6.45) is 0. The Kier molecular flexibility index (Phi) is 2.69. The molecule has 0 heterocycles. The molecule has 0 unspecified atom stereocenters. The molecule has 0 amide bonds. The van der Waals surface area contributed by atoms with Gasteiger partial charge in [-0.25, -0.2) is 8.42 Å². The summed E-state index contributed by atoms with van der Waals surface area (Å²) in [6, 6.07) is 3.55. The van der Waals surface area contributed by atoms with Crippen molar-refractivity contribution in [2.24, 2.45) is 0 Å². The van der Waals surface area contributed by atoms with Gasteiger partial charge in [0, 0.05) is 12.1 Å². The van der Waals surface area contributed by atoms with Gasteiger partial charge < -0.3 is 9.29 Å². The van der Waals surface area contributed by atoms with Crippen LogP contribution in [-0.4, -0.2) is 20.1 Å². The van der Waals surface area contributed by atoms with Gasteiger partial charge in [0.1, 0.15) is 15.9 Å². The molecule has 1 aromatic rings. The maximum Gasteiger partial charge on any atom is 0.402 e. The second-order valence-electron chi connectivity index (χ2n) is 2.39. The van der Waals surface area contributed by atoms with Crippen LogP contribution in [0.15, 0.2) is 23.1 Å². The van der Waals surface area contributed by atoms with Crippen LogP contribution in [-0.2, 0) is 10.1 Å². The molecule has 0 bridgehead atoms. The molecule has 74 valence electrons. The van der Waals surface area contributed by atoms with Crippen LogP contribution in [0.25, 0.3) is 4.98 Å². The molecule has 6 nitrogen and oxygen atoms in total. The summed E-state index contributed by atoms with van der Waals surface area (Å²) >= 11 is 0. The summed E-state index contributed by atoms with van der Waals surface area (Å²) in [5.41, 5.74) is -0.305. The summed E-state index contributed by atoms with van der Waals surface area (Å²) in [7, 11) is -3.34. The van der Waals surface area contributed by atoms with E-state index in [0.717, 1.165) is 6.07 Å². The van der Waals surface area contributed by atoms with E-state index < -0.39 is 15.0 Å². The first-order chi connectivity index (χ1) is 6.49. The molecule has 0 aliphatic carbocycles. The molecule has 0 spiro atoms. The fourth-order valence-electron chi connectivity index (χ4n) is 0.904. The van der Waals surface area contributed by atoms with Crippen molar-refractivity contribution >= 4 is 15.8 Å². The number of nitrogens with zero attached hydrogens (tertiary/aromatic N) is 2. The number of rotatable bonds is 2. The Morgan fingerprint density at radius 2 is 2.14 bits per heavy atom. The van der Waals surface area contributed by atoms with Gasteiger partial charge >= 0.3 is 5.69 Å². The number of benzene rings is 1. The maximum absolute atomic E-state index is 10.7. The summed E-state index contributed by atoms with van der Waals surface area (Å²) in [5, 5.41) is 8.43. The Labute approximate surface area is 80.5 Å². The van der Waals surface area contributed by atoms with Gasteiger partial charge in [0.2, 0.25) is 5.39 Å². The maximum atomic E-state index is 10.7. The molecule has 0 atom stereocenters. The van der Waals surface area contributed by atoms with E-state index >= 15 is 0 Å². The zero-order chi connectivity index (χ0) is 10.8. The molecular formula is C7H6N2O4S. The number of hydrogen-bond donors (Lipinski definition) is 0. The van der Waals surface area contributed by atoms with Gasteiger partial charge in [-0.05, 0) is 6.07 Å². The topological polar surface area (TPSA) is 94.6 Å². The van der Waals surface area contributed by atoms with Gasteiger partial charge in [-0.1, -0.05) is 0 Å². The van der Waals surface area contributed by atoms with Gasteiger partial charge in [0.25, 0.3) is 0 Å². The van der Waals surface area contributed by atoms with E-state index in [1.165, 1.54) is 19.2 Å². The highest BCUT2D eigenvalue weighted by molar-refractivity contribution is 7.86. The van der Waals surface area contributed by atoms with Crippen LogP contribution in [0.2, 0.25) is 0 Å². The van der Waals surface area contributed by atoms with Gasteiger partial charge in [0.05, 0.1) is 7.11 Å². The van der Waals surface area contributed by atoms with E-state index in [-0.39, 0.29) is 11.4 Å². The minimum absolute atomic E-state index is 0.201. The third-order valence-corrected chi connectivity index (χ3v) is 2.41. The number of methoxy groups -OCH3 is 1. The smallest absolute Gasteiger partial charge is 0.402 e. The highest BCUT2D eigenvalue weighted by Crippen LogP contribution is 2.28. The molecule has 1 aromatic carbocycles. The zero-order valence-electron chi connectivity index (χ0n) is 7.17. The fourth-order valence-corrected chi connectivity index (χ4v) is 1.53. The van der Waals surface area contributed by atoms with Crippen molar-refractivity contribution in [3.05, 3.63) is 23.2 Å². The Hall–Kier alpha value is -1.65. The molecule has 7 heteroatoms. The first kappa shape index (κ1) is 10.4. The summed E-state index contributed by atoms with van der Waals surface area (Å²) in [5.74, 6) is 0.201. The lowest BCUT2D eigenvalue weighted by atomic mass is 10.3. The molecule has 0 saturated heterocycles. The van der Waals surface area contributed by atoms with E-state index in [2.05, 4.69) is 4.98 Å². The summed E-state index contributed by atoms with van der Waals surface area (Å²) in [6.45, 7) is 0. The molecule has 0 fully saturated rings. The van der Waals surface area contributed by atoms with E-state index in [1.54, 1.807) is 0 Å². The predicted octanol–water partition coefficient (Wildman–Crippen LogP) is 1.08. The molecule has 0 aliphatic rings. The molecule has 0 N–H and O–H groups in total. The van der Waals surface area contributed by atoms with Gasteiger partial charge in [0.15, 0.2) is 9.87 Å². The third kappa shape index (κ3) is 1.99. The Morgan fingerprint density at radius 3 is 2.57 bits per heavy atom. The van der Waals surface area contributed by atoms with Crippen LogP contribution >= 0.6 is 0 Å². The monoisotopic (exact) mass is 214 g/mol. The molecule has 14 heavy (non-hydrogen) atoms. The van der Waals surface area contributed by atoms with Crippen molar-refractivity contribution < 1.29 is 17.7 Å². The molecule has 1 rings (SSSR count). The van der Waals surface area contributed by atoms with Crippen LogP contribution in [0.5, 0.6) is 5.75 Å². The average molecular weight is 214 g/mol. The minimum Gasteiger partial charge on any atom is -0.744 e. The second-order valence-corrected chi connectivity index (χ2v) is 3.74. The summed E-state index contributed by atoms with van der Waals surface area (Å²) < 4.78 is 36.8. The lowest BCUT2D eigenvalue weighted by Gasteiger charge is -2.05. The van der Waals surface area contributed by atoms with Crippen LogP contribution in [0.4, 0.5) is 5.69 Å². The second kappa shape index (κ2) is 3.61. The van der Waals surface area contributed by atoms with Crippen LogP contribution in [0.1, 0.15) is 0 Å². The lowest BCUT2D eigenvalue weighted by molar-refractivity contribution is 0.412. The normalized spacial score (nSPS) is 10.6. The molecule has 0 aliphatic heterocycles. The van der Waals surface area contributed by atoms with Crippen LogP contribution in [0, 0.1) is 5.39 Å². The number of hydrogen-bond acceptors (Lipinski definition) is 5. The third-order valence-electron chi connectivity index (χ3n) is 1.54. The molecule has 0 saturated carbocycles. The highest BCUT2D eigenvalue weighted by atomic mass is 32.2. The van der Waals surface area contributed by atoms with Crippen molar-refractivity contribution in [2.75, 3.05) is 7.11 Å². The Bertz CT molecular complexity index is 489. The predicted molar refractivity (Wildman–Crippen MR) is 45.7 cm³/mol. The van der Waals surface area contributed by atoms with Crippen molar-refractivity contribution in [3.63, 3.8) is 0 Å². The minimum atomic E-state index is -4.66. The quantitative estimate of drug-likeness (QED) is 0.542. The van der Waals surface area contributed by atoms with Crippen molar-refractivity contribution in [3.8, 4) is 5.75 Å². The van der Waals surface area contributed by atoms with Gasteiger partial charge in [-0.3, -0.25) is 0 Å². The van der Waals surface area contributed by atoms with Crippen LogP contribution < -0.4 is 4.74 Å². The molecule has 0 aromatic heterocycles. The average Bonchev–Trinajstić information content (AvgIpc) is 2.15. The largest absolute Gasteiger partial charge is 0.744 e. The SMILES string of the molecule is COc1ccc([N+]#N)c(S(=O)(=O)[O-])c1. The van der Waals surface area contributed by atoms with Gasteiger partial charge in [-0.2, -0.15) is 0 Å². The Morgan fingerprint density at radius 1 is 1.50 bits per heavy atom. The first-order valence-corrected chi connectivity index (χ1v) is 4.89. The zero-order valence-corrected chi connectivity index (χ0v) is 7.98. The Balaban J connectivity index is 3.47. The summed E-state index contributed by atoms with van der Waals surface area (Å²) in [4.78, 5) is 2.07. The van der Waals surface area contributed by atoms with E-state index in [4.69, 9.17) is 10.1 Å². The molecular weight excluding hydrogens is 208 g/mol. The standard InChI is InChI=1S/C7H6N2O4S/c1-13-5-2-3-6(9-8)7(4-5)14(10,11)12/h2-4H,1H3. The van der Waals surface area contributed by atoms with E-state index in [1.807, 2.05) is 0 Å². The van der Waals surface area contributed by atoms with Crippen LogP contribution in [0.3, 0.4) is 0 Å². The van der Waals surface area contributed by atoms with Crippen molar-refractivity contribution in [1.82, 2.24) is 0 Å². The number of diazo groups is 1. The van der Waals surface area contributed by atoms with E-state index in [9.17, 15) is 13.0 Å².